The van der Waals surface area contributed by atoms with Crippen LogP contribution in [0.25, 0.3) is 0 Å². The van der Waals surface area contributed by atoms with E-state index in [9.17, 15) is 24.0 Å². The molecule has 9 nitrogen and oxygen atoms in total. The summed E-state index contributed by atoms with van der Waals surface area (Å²) in [6.45, 7) is 16.3. The summed E-state index contributed by atoms with van der Waals surface area (Å²) in [6.07, 6.45) is 3.65. The molecule has 2 aromatic rings. The fraction of sp³-hybridized carbons (Fsp3) is 0.194. The number of carbonyl (C=O) groups excluding carboxylic acids is 5. The smallest absolute Gasteiger partial charge is 0.335 e. The average Bonchev–Trinajstić information content (AvgIpc) is 2.94. The van der Waals surface area contributed by atoms with Crippen molar-refractivity contribution in [2.75, 3.05) is 0 Å². The third-order valence-electron chi connectivity index (χ3n) is 5.65. The van der Waals surface area contributed by atoms with Crippen molar-refractivity contribution in [1.82, 2.24) is 0 Å². The Labute approximate surface area is 232 Å². The maximum atomic E-state index is 14.1. The third-order valence-corrected chi connectivity index (χ3v) is 5.65. The lowest BCUT2D eigenvalue weighted by atomic mass is 9.80. The first kappa shape index (κ1) is 31.2. The van der Waals surface area contributed by atoms with Crippen molar-refractivity contribution < 1.29 is 42.9 Å². The topological polar surface area (TPSA) is 122 Å². The highest BCUT2D eigenvalue weighted by molar-refractivity contribution is 5.99. The third kappa shape index (κ3) is 8.49. The van der Waals surface area contributed by atoms with Crippen molar-refractivity contribution in [3.05, 3.63) is 110 Å². The molecule has 9 heteroatoms. The second-order valence-electron chi connectivity index (χ2n) is 8.93. The summed E-state index contributed by atoms with van der Waals surface area (Å²) in [4.78, 5) is 61.7. The number of rotatable bonds is 14. The quantitative estimate of drug-likeness (QED) is 0.195. The van der Waals surface area contributed by atoms with Gasteiger partial charge in [0.15, 0.2) is 11.2 Å². The van der Waals surface area contributed by atoms with Gasteiger partial charge in [-0.05, 0) is 49.2 Å². The maximum absolute atomic E-state index is 14.1. The number of Topliss-reactive ketones (excluding diaryl/α,β-unsaturated/α-hetero) is 1. The number of esters is 4. The van der Waals surface area contributed by atoms with Gasteiger partial charge in [-0.2, -0.15) is 0 Å². The molecule has 0 heterocycles. The Morgan fingerprint density at radius 2 is 0.875 bits per heavy atom. The van der Waals surface area contributed by atoms with Crippen LogP contribution in [-0.2, 0) is 46.3 Å². The molecular weight excluding hydrogens is 516 g/mol. The zero-order valence-electron chi connectivity index (χ0n) is 22.3. The SMILES string of the molecule is C=CC(=O)Oc1ccc(CC(C)(OC(=O)C=C)C(=O)C(C)(Cc2ccc(OC(=O)C=C)cc2)OC(=O)C=C)cc1. The molecule has 0 saturated heterocycles. The molecule has 208 valence electrons. The van der Waals surface area contributed by atoms with E-state index in [1.54, 1.807) is 24.3 Å². The minimum atomic E-state index is -1.82. The van der Waals surface area contributed by atoms with Crippen molar-refractivity contribution >= 4 is 29.7 Å². The average molecular weight is 547 g/mol. The summed E-state index contributed by atoms with van der Waals surface area (Å²) < 4.78 is 21.2. The highest BCUT2D eigenvalue weighted by Crippen LogP contribution is 2.31. The second kappa shape index (κ2) is 13.7. The van der Waals surface area contributed by atoms with Crippen LogP contribution in [0.2, 0.25) is 0 Å². The molecule has 2 rings (SSSR count). The zero-order valence-corrected chi connectivity index (χ0v) is 22.3. The summed E-state index contributed by atoms with van der Waals surface area (Å²) in [5.41, 5.74) is -2.53. The first-order valence-electron chi connectivity index (χ1n) is 12.0. The summed E-state index contributed by atoms with van der Waals surface area (Å²) in [7, 11) is 0. The van der Waals surface area contributed by atoms with Crippen LogP contribution in [0.4, 0.5) is 0 Å². The van der Waals surface area contributed by atoms with Gasteiger partial charge in [0.2, 0.25) is 5.78 Å². The van der Waals surface area contributed by atoms with E-state index in [1.807, 2.05) is 0 Å². The van der Waals surface area contributed by atoms with E-state index in [1.165, 1.54) is 38.1 Å². The minimum absolute atomic E-state index is 0.112. The molecule has 0 amide bonds. The molecule has 0 fully saturated rings. The number of ketones is 1. The fourth-order valence-electron chi connectivity index (χ4n) is 3.86. The molecular formula is C31H30O9. The summed E-state index contributed by atoms with van der Waals surface area (Å²) >= 11 is 0. The van der Waals surface area contributed by atoms with Gasteiger partial charge in [0.25, 0.3) is 0 Å². The lowest BCUT2D eigenvalue weighted by Crippen LogP contribution is -2.56. The monoisotopic (exact) mass is 546 g/mol. The van der Waals surface area contributed by atoms with Crippen LogP contribution in [0.3, 0.4) is 0 Å². The molecule has 0 radical (unpaired) electrons. The molecule has 2 aromatic carbocycles. The van der Waals surface area contributed by atoms with Crippen LogP contribution in [0, 0.1) is 0 Å². The first-order valence-corrected chi connectivity index (χ1v) is 12.0. The van der Waals surface area contributed by atoms with Crippen molar-refractivity contribution in [3.63, 3.8) is 0 Å². The first-order chi connectivity index (χ1) is 18.9. The molecule has 0 aliphatic carbocycles. The molecule has 0 aliphatic rings. The number of hydrogen-bond donors (Lipinski definition) is 0. The van der Waals surface area contributed by atoms with Gasteiger partial charge in [-0.15, -0.1) is 0 Å². The van der Waals surface area contributed by atoms with Gasteiger partial charge in [0.05, 0.1) is 0 Å². The van der Waals surface area contributed by atoms with Crippen LogP contribution in [0.15, 0.2) is 99.2 Å². The van der Waals surface area contributed by atoms with Gasteiger partial charge < -0.3 is 18.9 Å². The van der Waals surface area contributed by atoms with Crippen LogP contribution in [-0.4, -0.2) is 40.9 Å². The molecule has 0 saturated carbocycles. The molecule has 0 spiro atoms. The van der Waals surface area contributed by atoms with E-state index in [0.29, 0.717) is 11.1 Å². The summed E-state index contributed by atoms with van der Waals surface area (Å²) in [6, 6.07) is 12.4. The van der Waals surface area contributed by atoms with Gasteiger partial charge in [0, 0.05) is 37.1 Å². The Morgan fingerprint density at radius 3 is 1.15 bits per heavy atom. The number of ether oxygens (including phenoxy) is 4. The molecule has 2 unspecified atom stereocenters. The second-order valence-corrected chi connectivity index (χ2v) is 8.93. The summed E-state index contributed by atoms with van der Waals surface area (Å²) in [5.74, 6) is -3.22. The van der Waals surface area contributed by atoms with E-state index in [-0.39, 0.29) is 24.3 Å². The van der Waals surface area contributed by atoms with Crippen LogP contribution < -0.4 is 9.47 Å². The lowest BCUT2D eigenvalue weighted by molar-refractivity contribution is -0.178. The molecule has 0 N–H and O–H groups in total. The zero-order chi connectivity index (χ0) is 29.9. The van der Waals surface area contributed by atoms with Gasteiger partial charge in [-0.3, -0.25) is 4.79 Å². The van der Waals surface area contributed by atoms with Gasteiger partial charge in [-0.25, -0.2) is 19.2 Å². The predicted octanol–water partition coefficient (Wildman–Crippen LogP) is 4.20. The molecule has 0 aliphatic heterocycles. The largest absolute Gasteiger partial charge is 0.448 e. The Hall–Kier alpha value is -5.05. The van der Waals surface area contributed by atoms with E-state index >= 15 is 0 Å². The van der Waals surface area contributed by atoms with Crippen molar-refractivity contribution in [1.29, 1.82) is 0 Å². The minimum Gasteiger partial charge on any atom is -0.448 e. The van der Waals surface area contributed by atoms with Crippen molar-refractivity contribution in [2.45, 2.75) is 37.9 Å². The predicted molar refractivity (Wildman–Crippen MR) is 146 cm³/mol. The number of carbonyl (C=O) groups is 5. The van der Waals surface area contributed by atoms with Crippen LogP contribution in [0.5, 0.6) is 11.5 Å². The Bertz CT molecular complexity index is 1220. The van der Waals surface area contributed by atoms with Crippen LogP contribution >= 0.6 is 0 Å². The Kier molecular flexibility index (Phi) is 10.6. The normalized spacial score (nSPS) is 13.2. The Balaban J connectivity index is 2.45. The fourth-order valence-corrected chi connectivity index (χ4v) is 3.86. The highest BCUT2D eigenvalue weighted by Gasteiger charge is 2.50. The van der Waals surface area contributed by atoms with E-state index in [2.05, 4.69) is 26.3 Å². The van der Waals surface area contributed by atoms with Gasteiger partial charge >= 0.3 is 23.9 Å². The van der Waals surface area contributed by atoms with Crippen molar-refractivity contribution in [2.24, 2.45) is 0 Å². The molecule has 0 aromatic heterocycles. The van der Waals surface area contributed by atoms with E-state index in [0.717, 1.165) is 24.3 Å². The van der Waals surface area contributed by atoms with Crippen molar-refractivity contribution in [3.8, 4) is 11.5 Å². The van der Waals surface area contributed by atoms with E-state index < -0.39 is 40.9 Å². The van der Waals surface area contributed by atoms with Crippen LogP contribution in [0.1, 0.15) is 25.0 Å². The van der Waals surface area contributed by atoms with E-state index in [4.69, 9.17) is 18.9 Å². The molecule has 40 heavy (non-hydrogen) atoms. The Morgan fingerprint density at radius 1 is 0.575 bits per heavy atom. The maximum Gasteiger partial charge on any atom is 0.335 e. The van der Waals surface area contributed by atoms with Gasteiger partial charge in [0.1, 0.15) is 11.5 Å². The van der Waals surface area contributed by atoms with Gasteiger partial charge in [-0.1, -0.05) is 50.6 Å². The number of hydrogen-bond acceptors (Lipinski definition) is 9. The highest BCUT2D eigenvalue weighted by atomic mass is 16.6. The lowest BCUT2D eigenvalue weighted by Gasteiger charge is -2.37. The number of benzene rings is 2. The summed E-state index contributed by atoms with van der Waals surface area (Å²) in [5, 5.41) is 0. The molecule has 0 bridgehead atoms. The standard InChI is InChI=1S/C31H30O9/c1-7-25(32)37-23-15-11-21(12-16-23)19-30(5,39-27(34)9-3)29(36)31(6,40-28(35)10-4)20-22-13-17-24(18-14-22)38-26(33)8-2/h7-18H,1-4,19-20H2,5-6H3. The molecule has 2 atom stereocenters.